The molecule has 0 aliphatic carbocycles. The molecule has 13 heavy (non-hydrogen) atoms. The minimum Gasteiger partial charge on any atom is -0.497 e. The Kier molecular flexibility index (Phi) is 4.06. The maximum atomic E-state index is 5.72. The van der Waals surface area contributed by atoms with Crippen molar-refractivity contribution in [2.45, 2.75) is 6.10 Å². The number of halogens is 1. The van der Waals surface area contributed by atoms with Gasteiger partial charge in [-0.2, -0.15) is 0 Å². The van der Waals surface area contributed by atoms with Crippen LogP contribution in [0.15, 0.2) is 24.3 Å². The Labute approximate surface area is 83.4 Å². The van der Waals surface area contributed by atoms with E-state index in [9.17, 15) is 0 Å². The number of methoxy groups -OCH3 is 2. The zero-order valence-electron chi connectivity index (χ0n) is 7.79. The number of hydrogen-bond acceptors (Lipinski definition) is 2. The van der Waals surface area contributed by atoms with Gasteiger partial charge in [0.1, 0.15) is 5.75 Å². The van der Waals surface area contributed by atoms with Gasteiger partial charge in [-0.3, -0.25) is 0 Å². The Hall–Kier alpha value is -0.730. The fourth-order valence-electron chi connectivity index (χ4n) is 1.11. The highest BCUT2D eigenvalue weighted by molar-refractivity contribution is 6.18. The molecule has 1 atom stereocenters. The standard InChI is InChI=1S/C10H13ClO2/c1-12-9-5-3-8(4-6-9)10(7-11)13-2/h3-6,10H,7H2,1-2H3/t10-/m0/s1. The molecule has 0 N–H and O–H groups in total. The van der Waals surface area contributed by atoms with Gasteiger partial charge in [0.2, 0.25) is 0 Å². The second kappa shape index (κ2) is 5.10. The summed E-state index contributed by atoms with van der Waals surface area (Å²) in [6.45, 7) is 0. The van der Waals surface area contributed by atoms with Crippen molar-refractivity contribution >= 4 is 11.6 Å². The molecule has 72 valence electrons. The number of rotatable bonds is 4. The fourth-order valence-corrected chi connectivity index (χ4v) is 1.41. The number of alkyl halides is 1. The van der Waals surface area contributed by atoms with E-state index in [4.69, 9.17) is 21.1 Å². The Balaban J connectivity index is 2.78. The van der Waals surface area contributed by atoms with Crippen LogP contribution < -0.4 is 4.74 Å². The van der Waals surface area contributed by atoms with Crippen molar-refractivity contribution in [2.24, 2.45) is 0 Å². The van der Waals surface area contributed by atoms with Gasteiger partial charge in [0.15, 0.2) is 0 Å². The van der Waals surface area contributed by atoms with Crippen molar-refractivity contribution < 1.29 is 9.47 Å². The van der Waals surface area contributed by atoms with Gasteiger partial charge in [-0.25, -0.2) is 0 Å². The molecule has 1 rings (SSSR count). The quantitative estimate of drug-likeness (QED) is 0.696. The molecule has 0 aliphatic heterocycles. The average molecular weight is 201 g/mol. The molecule has 0 saturated heterocycles. The van der Waals surface area contributed by atoms with Crippen molar-refractivity contribution in [3.63, 3.8) is 0 Å². The summed E-state index contributed by atoms with van der Waals surface area (Å²) in [5.74, 6) is 1.30. The van der Waals surface area contributed by atoms with Crippen LogP contribution in [-0.4, -0.2) is 20.1 Å². The molecule has 0 unspecified atom stereocenters. The topological polar surface area (TPSA) is 18.5 Å². The molecule has 2 nitrogen and oxygen atoms in total. The minimum atomic E-state index is -0.0347. The van der Waals surface area contributed by atoms with Crippen LogP contribution in [0.4, 0.5) is 0 Å². The zero-order chi connectivity index (χ0) is 9.68. The summed E-state index contributed by atoms with van der Waals surface area (Å²) in [4.78, 5) is 0. The monoisotopic (exact) mass is 200 g/mol. The van der Waals surface area contributed by atoms with E-state index < -0.39 is 0 Å². The maximum absolute atomic E-state index is 5.72. The molecule has 3 heteroatoms. The lowest BCUT2D eigenvalue weighted by Gasteiger charge is -2.12. The summed E-state index contributed by atoms with van der Waals surface area (Å²) < 4.78 is 10.2. The van der Waals surface area contributed by atoms with Crippen LogP contribution in [0, 0.1) is 0 Å². The van der Waals surface area contributed by atoms with Crippen LogP contribution in [0.3, 0.4) is 0 Å². The largest absolute Gasteiger partial charge is 0.497 e. The van der Waals surface area contributed by atoms with Crippen LogP contribution in [-0.2, 0) is 4.74 Å². The second-order valence-corrected chi connectivity index (χ2v) is 2.96. The van der Waals surface area contributed by atoms with Crippen molar-refractivity contribution in [1.82, 2.24) is 0 Å². The molecule has 0 saturated carbocycles. The summed E-state index contributed by atoms with van der Waals surface area (Å²) in [5.41, 5.74) is 1.07. The summed E-state index contributed by atoms with van der Waals surface area (Å²) >= 11 is 5.72. The molecule has 0 spiro atoms. The summed E-state index contributed by atoms with van der Waals surface area (Å²) in [6.07, 6.45) is -0.0347. The third-order valence-corrected chi connectivity index (χ3v) is 2.19. The lowest BCUT2D eigenvalue weighted by atomic mass is 10.1. The average Bonchev–Trinajstić information content (AvgIpc) is 2.21. The first kappa shape index (κ1) is 10.4. The smallest absolute Gasteiger partial charge is 0.118 e. The van der Waals surface area contributed by atoms with E-state index in [1.807, 2.05) is 24.3 Å². The summed E-state index contributed by atoms with van der Waals surface area (Å²) in [6, 6.07) is 7.70. The van der Waals surface area contributed by atoms with Gasteiger partial charge < -0.3 is 9.47 Å². The maximum Gasteiger partial charge on any atom is 0.118 e. The van der Waals surface area contributed by atoms with Crippen molar-refractivity contribution in [1.29, 1.82) is 0 Å². The number of hydrogen-bond donors (Lipinski definition) is 0. The first-order valence-corrected chi connectivity index (χ1v) is 4.58. The van der Waals surface area contributed by atoms with Crippen LogP contribution in [0.5, 0.6) is 5.75 Å². The lowest BCUT2D eigenvalue weighted by Crippen LogP contribution is -2.02. The van der Waals surface area contributed by atoms with Gasteiger partial charge in [0, 0.05) is 7.11 Å². The summed E-state index contributed by atoms with van der Waals surface area (Å²) in [5, 5.41) is 0. The zero-order valence-corrected chi connectivity index (χ0v) is 8.54. The van der Waals surface area contributed by atoms with Crippen LogP contribution in [0.1, 0.15) is 11.7 Å². The molecule has 0 radical (unpaired) electrons. The molecule has 1 aromatic carbocycles. The number of benzene rings is 1. The normalized spacial score (nSPS) is 12.5. The van der Waals surface area contributed by atoms with Crippen LogP contribution in [0.25, 0.3) is 0 Å². The highest BCUT2D eigenvalue weighted by Gasteiger charge is 2.07. The third kappa shape index (κ3) is 2.61. The van der Waals surface area contributed by atoms with Gasteiger partial charge in [0.25, 0.3) is 0 Å². The molecule has 0 aromatic heterocycles. The van der Waals surface area contributed by atoms with Gasteiger partial charge in [-0.05, 0) is 17.7 Å². The molecule has 0 amide bonds. The second-order valence-electron chi connectivity index (χ2n) is 2.65. The van der Waals surface area contributed by atoms with Crippen LogP contribution >= 0.6 is 11.6 Å². The third-order valence-electron chi connectivity index (χ3n) is 1.91. The van der Waals surface area contributed by atoms with E-state index in [1.165, 1.54) is 0 Å². The van der Waals surface area contributed by atoms with Gasteiger partial charge >= 0.3 is 0 Å². The fraction of sp³-hybridized carbons (Fsp3) is 0.400. The highest BCUT2D eigenvalue weighted by Crippen LogP contribution is 2.20. The number of ether oxygens (including phenoxy) is 2. The van der Waals surface area contributed by atoms with Crippen molar-refractivity contribution in [3.8, 4) is 5.75 Å². The van der Waals surface area contributed by atoms with E-state index in [2.05, 4.69) is 0 Å². The van der Waals surface area contributed by atoms with Crippen LogP contribution in [0.2, 0.25) is 0 Å². The summed E-state index contributed by atoms with van der Waals surface area (Å²) in [7, 11) is 3.29. The molecule has 1 aromatic rings. The van der Waals surface area contributed by atoms with Crippen molar-refractivity contribution in [2.75, 3.05) is 20.1 Å². The van der Waals surface area contributed by atoms with Crippen molar-refractivity contribution in [3.05, 3.63) is 29.8 Å². The van der Waals surface area contributed by atoms with Gasteiger partial charge in [-0.15, -0.1) is 11.6 Å². The molecule has 0 aliphatic rings. The van der Waals surface area contributed by atoms with E-state index in [1.54, 1.807) is 14.2 Å². The molecule has 0 fully saturated rings. The van der Waals surface area contributed by atoms with Gasteiger partial charge in [-0.1, -0.05) is 12.1 Å². The van der Waals surface area contributed by atoms with E-state index in [-0.39, 0.29) is 6.10 Å². The van der Waals surface area contributed by atoms with E-state index in [0.29, 0.717) is 5.88 Å². The van der Waals surface area contributed by atoms with E-state index >= 15 is 0 Å². The first-order chi connectivity index (χ1) is 6.31. The Morgan fingerprint density at radius 2 is 1.85 bits per heavy atom. The Bertz CT molecular complexity index is 242. The predicted octanol–water partition coefficient (Wildman–Crippen LogP) is 2.62. The highest BCUT2D eigenvalue weighted by atomic mass is 35.5. The molecule has 0 heterocycles. The van der Waals surface area contributed by atoms with Gasteiger partial charge in [0.05, 0.1) is 19.1 Å². The predicted molar refractivity (Wildman–Crippen MR) is 53.5 cm³/mol. The SMILES string of the molecule is COc1ccc([C@H](CCl)OC)cc1. The minimum absolute atomic E-state index is 0.0347. The lowest BCUT2D eigenvalue weighted by molar-refractivity contribution is 0.122. The molecular weight excluding hydrogens is 188 g/mol. The Morgan fingerprint density at radius 1 is 1.23 bits per heavy atom. The Morgan fingerprint density at radius 3 is 2.23 bits per heavy atom. The molecular formula is C10H13ClO2. The molecule has 0 bridgehead atoms. The first-order valence-electron chi connectivity index (χ1n) is 4.04. The van der Waals surface area contributed by atoms with E-state index in [0.717, 1.165) is 11.3 Å².